The fraction of sp³-hybridized carbons (Fsp3) is 0.909. The van der Waals surface area contributed by atoms with E-state index >= 15 is 0 Å². The van der Waals surface area contributed by atoms with Gasteiger partial charge in [0, 0.05) is 13.1 Å². The minimum atomic E-state index is -0.546. The third-order valence-electron chi connectivity index (χ3n) is 3.04. The van der Waals surface area contributed by atoms with Crippen molar-refractivity contribution in [3.8, 4) is 0 Å². The van der Waals surface area contributed by atoms with Gasteiger partial charge in [0.1, 0.15) is 0 Å². The van der Waals surface area contributed by atoms with Crippen molar-refractivity contribution in [1.29, 1.82) is 0 Å². The lowest BCUT2D eigenvalue weighted by molar-refractivity contribution is -0.144. The summed E-state index contributed by atoms with van der Waals surface area (Å²) in [7, 11) is 1.39. The molecule has 0 aromatic heterocycles. The number of carbonyl (C=O) groups excluding carboxylic acids is 1. The fourth-order valence-electron chi connectivity index (χ4n) is 2.02. The number of ether oxygens (including phenoxy) is 1. The third-order valence-corrected chi connectivity index (χ3v) is 3.04. The van der Waals surface area contributed by atoms with E-state index in [2.05, 4.69) is 10.1 Å². The molecule has 1 aliphatic carbocycles. The van der Waals surface area contributed by atoms with Crippen LogP contribution in [0.5, 0.6) is 0 Å². The van der Waals surface area contributed by atoms with Gasteiger partial charge < -0.3 is 15.2 Å². The summed E-state index contributed by atoms with van der Waals surface area (Å²) in [4.78, 5) is 11.1. The molecule has 2 N–H and O–H groups in total. The van der Waals surface area contributed by atoms with E-state index in [1.807, 2.05) is 6.92 Å². The summed E-state index contributed by atoms with van der Waals surface area (Å²) in [6.45, 7) is 2.96. The normalized spacial score (nSPS) is 21.3. The molecule has 0 saturated heterocycles. The van der Waals surface area contributed by atoms with Crippen molar-refractivity contribution in [3.63, 3.8) is 0 Å². The van der Waals surface area contributed by atoms with Gasteiger partial charge in [0.25, 0.3) is 0 Å². The smallest absolute Gasteiger partial charge is 0.309 e. The highest BCUT2D eigenvalue weighted by Crippen LogP contribution is 2.28. The number of aliphatic hydroxyl groups is 1. The van der Waals surface area contributed by atoms with Gasteiger partial charge in [-0.05, 0) is 12.8 Å². The Morgan fingerprint density at radius 1 is 1.53 bits per heavy atom. The molecule has 1 saturated carbocycles. The molecular weight excluding hydrogens is 194 g/mol. The van der Waals surface area contributed by atoms with Crippen molar-refractivity contribution in [2.75, 3.05) is 20.2 Å². The van der Waals surface area contributed by atoms with Crippen molar-refractivity contribution in [1.82, 2.24) is 5.32 Å². The zero-order chi connectivity index (χ0) is 11.3. The molecule has 0 aromatic carbocycles. The lowest BCUT2D eigenvalue weighted by Crippen LogP contribution is -2.40. The molecule has 0 aromatic rings. The van der Waals surface area contributed by atoms with Crippen LogP contribution < -0.4 is 5.32 Å². The molecule has 1 fully saturated rings. The Morgan fingerprint density at radius 3 is 2.67 bits per heavy atom. The Hall–Kier alpha value is -0.610. The fourth-order valence-corrected chi connectivity index (χ4v) is 2.02. The van der Waals surface area contributed by atoms with E-state index < -0.39 is 5.60 Å². The van der Waals surface area contributed by atoms with Crippen LogP contribution in [0.2, 0.25) is 0 Å². The maximum atomic E-state index is 11.1. The Balaban J connectivity index is 2.18. The summed E-state index contributed by atoms with van der Waals surface area (Å²) >= 11 is 0. The average molecular weight is 215 g/mol. The summed E-state index contributed by atoms with van der Waals surface area (Å²) in [5.41, 5.74) is -0.546. The highest BCUT2D eigenvalue weighted by atomic mass is 16.5. The predicted molar refractivity (Wildman–Crippen MR) is 57.5 cm³/mol. The maximum Gasteiger partial charge on any atom is 0.309 e. The minimum Gasteiger partial charge on any atom is -0.469 e. The van der Waals surface area contributed by atoms with E-state index in [9.17, 15) is 9.90 Å². The third kappa shape index (κ3) is 3.80. The van der Waals surface area contributed by atoms with Gasteiger partial charge in [-0.2, -0.15) is 0 Å². The monoisotopic (exact) mass is 215 g/mol. The number of hydrogen-bond donors (Lipinski definition) is 2. The average Bonchev–Trinajstić information content (AvgIpc) is 2.64. The molecule has 0 bridgehead atoms. The molecular formula is C11H21NO3. The number of nitrogens with one attached hydrogen (secondary N) is 1. The quantitative estimate of drug-likeness (QED) is 0.662. The van der Waals surface area contributed by atoms with Gasteiger partial charge in [-0.25, -0.2) is 0 Å². The second-order valence-corrected chi connectivity index (χ2v) is 4.49. The van der Waals surface area contributed by atoms with E-state index in [-0.39, 0.29) is 11.9 Å². The lowest BCUT2D eigenvalue weighted by Gasteiger charge is -2.23. The minimum absolute atomic E-state index is 0.153. The number of methoxy groups -OCH3 is 1. The van der Waals surface area contributed by atoms with Crippen LogP contribution in [0.4, 0.5) is 0 Å². The molecule has 0 spiro atoms. The second-order valence-electron chi connectivity index (χ2n) is 4.49. The highest BCUT2D eigenvalue weighted by Gasteiger charge is 2.30. The molecule has 0 heterocycles. The molecule has 15 heavy (non-hydrogen) atoms. The maximum absolute atomic E-state index is 11.1. The van der Waals surface area contributed by atoms with Crippen molar-refractivity contribution in [2.24, 2.45) is 5.92 Å². The van der Waals surface area contributed by atoms with Crippen LogP contribution in [-0.4, -0.2) is 36.9 Å². The second kappa shape index (κ2) is 5.47. The summed E-state index contributed by atoms with van der Waals surface area (Å²) in [6.07, 6.45) is 3.94. The van der Waals surface area contributed by atoms with Crippen LogP contribution in [0, 0.1) is 5.92 Å². The zero-order valence-electron chi connectivity index (χ0n) is 9.58. The number of rotatable bonds is 5. The molecule has 0 amide bonds. The van der Waals surface area contributed by atoms with E-state index in [0.717, 1.165) is 25.7 Å². The van der Waals surface area contributed by atoms with Crippen molar-refractivity contribution < 1.29 is 14.6 Å². The molecule has 1 aliphatic rings. The summed E-state index contributed by atoms with van der Waals surface area (Å²) < 4.78 is 4.62. The molecule has 1 rings (SSSR count). The Morgan fingerprint density at radius 2 is 2.13 bits per heavy atom. The van der Waals surface area contributed by atoms with Gasteiger partial charge in [0.2, 0.25) is 0 Å². The van der Waals surface area contributed by atoms with Crippen molar-refractivity contribution in [2.45, 2.75) is 38.2 Å². The van der Waals surface area contributed by atoms with Gasteiger partial charge in [-0.1, -0.05) is 19.8 Å². The first-order valence-electron chi connectivity index (χ1n) is 5.58. The first-order valence-corrected chi connectivity index (χ1v) is 5.58. The molecule has 88 valence electrons. The van der Waals surface area contributed by atoms with Crippen LogP contribution in [0.3, 0.4) is 0 Å². The van der Waals surface area contributed by atoms with Crippen molar-refractivity contribution in [3.05, 3.63) is 0 Å². The van der Waals surface area contributed by atoms with Crippen molar-refractivity contribution >= 4 is 5.97 Å². The van der Waals surface area contributed by atoms with E-state index in [4.69, 9.17) is 0 Å². The summed E-state index contributed by atoms with van der Waals surface area (Å²) in [6, 6.07) is 0. The van der Waals surface area contributed by atoms with E-state index in [1.165, 1.54) is 7.11 Å². The SMILES string of the molecule is COC(=O)C(C)CNCC1(O)CCCC1. The van der Waals surface area contributed by atoms with Crippen LogP contribution in [-0.2, 0) is 9.53 Å². The van der Waals surface area contributed by atoms with Crippen LogP contribution in [0.15, 0.2) is 0 Å². The topological polar surface area (TPSA) is 58.6 Å². The molecule has 4 heteroatoms. The van der Waals surface area contributed by atoms with Crippen LogP contribution >= 0.6 is 0 Å². The molecule has 0 radical (unpaired) electrons. The molecule has 1 unspecified atom stereocenters. The Kier molecular flexibility index (Phi) is 4.54. The molecule has 0 aliphatic heterocycles. The van der Waals surface area contributed by atoms with Crippen LogP contribution in [0.25, 0.3) is 0 Å². The first-order chi connectivity index (χ1) is 7.07. The number of carbonyl (C=O) groups is 1. The van der Waals surface area contributed by atoms with Gasteiger partial charge in [0.15, 0.2) is 0 Å². The highest BCUT2D eigenvalue weighted by molar-refractivity contribution is 5.71. The standard InChI is InChI=1S/C11H21NO3/c1-9(10(13)15-2)7-12-8-11(14)5-3-4-6-11/h9,12,14H,3-8H2,1-2H3. The number of hydrogen-bond acceptors (Lipinski definition) is 4. The summed E-state index contributed by atoms with van der Waals surface area (Å²) in [5.74, 6) is -0.360. The Bertz CT molecular complexity index is 212. The zero-order valence-corrected chi connectivity index (χ0v) is 9.58. The van der Waals surface area contributed by atoms with E-state index in [1.54, 1.807) is 0 Å². The van der Waals surface area contributed by atoms with Crippen LogP contribution in [0.1, 0.15) is 32.6 Å². The van der Waals surface area contributed by atoms with Gasteiger partial charge in [-0.3, -0.25) is 4.79 Å². The predicted octanol–water partition coefficient (Wildman–Crippen LogP) is 0.690. The molecule has 4 nitrogen and oxygen atoms in total. The number of esters is 1. The van der Waals surface area contributed by atoms with Gasteiger partial charge >= 0.3 is 5.97 Å². The molecule has 1 atom stereocenters. The Labute approximate surface area is 91.0 Å². The first kappa shape index (κ1) is 12.5. The van der Waals surface area contributed by atoms with E-state index in [0.29, 0.717) is 13.1 Å². The van der Waals surface area contributed by atoms with Gasteiger partial charge in [0.05, 0.1) is 18.6 Å². The lowest BCUT2D eigenvalue weighted by atomic mass is 10.0. The summed E-state index contributed by atoms with van der Waals surface area (Å²) in [5, 5.41) is 13.2. The van der Waals surface area contributed by atoms with Gasteiger partial charge in [-0.15, -0.1) is 0 Å². The largest absolute Gasteiger partial charge is 0.469 e.